The minimum atomic E-state index is -0.335. The lowest BCUT2D eigenvalue weighted by molar-refractivity contribution is -0.128. The third kappa shape index (κ3) is 9.49. The van der Waals surface area contributed by atoms with Gasteiger partial charge in [0.1, 0.15) is 0 Å². The zero-order chi connectivity index (χ0) is 13.5. The number of rotatable bonds is 4. The molecule has 0 rings (SSSR count). The Morgan fingerprint density at radius 2 is 1.67 bits per heavy atom. The summed E-state index contributed by atoms with van der Waals surface area (Å²) in [6.07, 6.45) is 0. The van der Waals surface area contributed by atoms with Crippen molar-refractivity contribution in [2.45, 2.75) is 40.7 Å². The molecule has 0 saturated heterocycles. The molecule has 0 radical (unpaired) electrons. The lowest BCUT2D eigenvalue weighted by Crippen LogP contribution is -2.45. The second kappa shape index (κ2) is 9.41. The van der Waals surface area contributed by atoms with Gasteiger partial charge in [-0.1, -0.05) is 20.8 Å². The molecule has 0 aliphatic carbocycles. The van der Waals surface area contributed by atoms with E-state index in [1.54, 1.807) is 7.05 Å². The van der Waals surface area contributed by atoms with Gasteiger partial charge < -0.3 is 16.0 Å². The average molecular weight is 370 g/mol. The number of nitrogens with zero attached hydrogens (tertiary/aromatic N) is 1. The van der Waals surface area contributed by atoms with Crippen molar-refractivity contribution >= 4 is 35.8 Å². The van der Waals surface area contributed by atoms with E-state index < -0.39 is 0 Å². The molecule has 0 heterocycles. The van der Waals surface area contributed by atoms with E-state index in [9.17, 15) is 4.79 Å². The van der Waals surface area contributed by atoms with Crippen molar-refractivity contribution in [2.75, 3.05) is 20.1 Å². The van der Waals surface area contributed by atoms with E-state index in [0.717, 1.165) is 5.96 Å². The van der Waals surface area contributed by atoms with E-state index in [1.807, 2.05) is 34.6 Å². The van der Waals surface area contributed by atoms with Crippen LogP contribution in [0.3, 0.4) is 0 Å². The van der Waals surface area contributed by atoms with E-state index in [1.165, 1.54) is 0 Å². The van der Waals surface area contributed by atoms with Gasteiger partial charge in [-0.05, 0) is 13.8 Å². The lowest BCUT2D eigenvalue weighted by atomic mass is 9.96. The summed E-state index contributed by atoms with van der Waals surface area (Å²) in [6, 6.07) is 0.338. The highest BCUT2D eigenvalue weighted by Crippen LogP contribution is 2.11. The predicted molar refractivity (Wildman–Crippen MR) is 87.5 cm³/mol. The molecule has 108 valence electrons. The summed E-state index contributed by atoms with van der Waals surface area (Å²) >= 11 is 0. The number of aliphatic imine (C=N–C) groups is 1. The Bertz CT molecular complexity index is 272. The van der Waals surface area contributed by atoms with Gasteiger partial charge in [-0.2, -0.15) is 0 Å². The normalized spacial score (nSPS) is 11.8. The van der Waals surface area contributed by atoms with Crippen molar-refractivity contribution in [3.63, 3.8) is 0 Å². The van der Waals surface area contributed by atoms with Crippen LogP contribution in [0.4, 0.5) is 0 Å². The monoisotopic (exact) mass is 370 g/mol. The molecule has 18 heavy (non-hydrogen) atoms. The first kappa shape index (κ1) is 19.8. The van der Waals surface area contributed by atoms with Gasteiger partial charge in [0.25, 0.3) is 0 Å². The van der Waals surface area contributed by atoms with Crippen LogP contribution in [0.2, 0.25) is 0 Å². The van der Waals surface area contributed by atoms with Crippen molar-refractivity contribution in [3.8, 4) is 0 Å². The summed E-state index contributed by atoms with van der Waals surface area (Å²) in [4.78, 5) is 15.6. The Kier molecular flexibility index (Phi) is 10.3. The molecule has 0 fully saturated rings. The fourth-order valence-electron chi connectivity index (χ4n) is 1.09. The summed E-state index contributed by atoms with van der Waals surface area (Å²) in [6.45, 7) is 11.0. The Hall–Kier alpha value is -0.530. The molecule has 0 aliphatic heterocycles. The smallest absolute Gasteiger partial charge is 0.225 e. The minimum Gasteiger partial charge on any atom is -0.355 e. The van der Waals surface area contributed by atoms with Crippen LogP contribution in [0.1, 0.15) is 34.6 Å². The van der Waals surface area contributed by atoms with E-state index in [0.29, 0.717) is 19.1 Å². The molecule has 0 saturated carbocycles. The number of nitrogens with one attached hydrogen (secondary N) is 3. The molecular weight excluding hydrogens is 343 g/mol. The molecule has 1 amide bonds. The van der Waals surface area contributed by atoms with E-state index in [2.05, 4.69) is 20.9 Å². The number of hydrogen-bond donors (Lipinski definition) is 3. The maximum atomic E-state index is 11.6. The Morgan fingerprint density at radius 1 is 1.17 bits per heavy atom. The predicted octanol–water partition coefficient (Wildman–Crippen LogP) is 1.34. The van der Waals surface area contributed by atoms with E-state index in [4.69, 9.17) is 0 Å². The van der Waals surface area contributed by atoms with Crippen molar-refractivity contribution in [1.82, 2.24) is 16.0 Å². The number of guanidine groups is 1. The SMILES string of the molecule is CN=C(NCCNC(=O)C(C)(C)C)NC(C)C.I. The second-order valence-electron chi connectivity index (χ2n) is 5.30. The van der Waals surface area contributed by atoms with Crippen molar-refractivity contribution in [2.24, 2.45) is 10.4 Å². The summed E-state index contributed by atoms with van der Waals surface area (Å²) < 4.78 is 0. The summed E-state index contributed by atoms with van der Waals surface area (Å²) in [7, 11) is 1.73. The molecule has 3 N–H and O–H groups in total. The van der Waals surface area contributed by atoms with Gasteiger partial charge in [0, 0.05) is 31.6 Å². The van der Waals surface area contributed by atoms with E-state index >= 15 is 0 Å². The number of carbonyl (C=O) groups is 1. The maximum Gasteiger partial charge on any atom is 0.225 e. The first-order valence-electron chi connectivity index (χ1n) is 6.03. The third-order valence-corrected chi connectivity index (χ3v) is 2.03. The van der Waals surface area contributed by atoms with Gasteiger partial charge in [-0.15, -0.1) is 24.0 Å². The molecular formula is C12H27IN4O. The molecule has 0 spiro atoms. The largest absolute Gasteiger partial charge is 0.355 e. The quantitative estimate of drug-likeness (QED) is 0.303. The first-order chi connectivity index (χ1) is 7.77. The number of carbonyl (C=O) groups excluding carboxylic acids is 1. The van der Waals surface area contributed by atoms with Crippen LogP contribution in [-0.4, -0.2) is 38.0 Å². The molecule has 0 atom stereocenters. The van der Waals surface area contributed by atoms with Gasteiger partial charge in [0.15, 0.2) is 5.96 Å². The number of hydrogen-bond acceptors (Lipinski definition) is 2. The van der Waals surface area contributed by atoms with Gasteiger partial charge in [0.2, 0.25) is 5.91 Å². The van der Waals surface area contributed by atoms with Gasteiger partial charge in [-0.25, -0.2) is 0 Å². The first-order valence-corrected chi connectivity index (χ1v) is 6.03. The second-order valence-corrected chi connectivity index (χ2v) is 5.30. The molecule has 6 heteroatoms. The Morgan fingerprint density at radius 3 is 2.06 bits per heavy atom. The molecule has 0 aliphatic rings. The van der Waals surface area contributed by atoms with Crippen LogP contribution < -0.4 is 16.0 Å². The highest BCUT2D eigenvalue weighted by Gasteiger charge is 2.20. The third-order valence-electron chi connectivity index (χ3n) is 2.03. The fourth-order valence-corrected chi connectivity index (χ4v) is 1.09. The van der Waals surface area contributed by atoms with Crippen molar-refractivity contribution in [3.05, 3.63) is 0 Å². The summed E-state index contributed by atoms with van der Waals surface area (Å²) in [5.41, 5.74) is -0.335. The Labute approximate surface area is 128 Å². The van der Waals surface area contributed by atoms with Crippen LogP contribution in [0.25, 0.3) is 0 Å². The van der Waals surface area contributed by atoms with Crippen molar-refractivity contribution in [1.29, 1.82) is 0 Å². The van der Waals surface area contributed by atoms with E-state index in [-0.39, 0.29) is 35.3 Å². The lowest BCUT2D eigenvalue weighted by Gasteiger charge is -2.18. The highest BCUT2D eigenvalue weighted by atomic mass is 127. The standard InChI is InChI=1S/C12H26N4O.HI/c1-9(2)16-11(13-6)15-8-7-14-10(17)12(3,4)5;/h9H,7-8H2,1-6H3,(H,14,17)(H2,13,15,16);1H. The molecule has 0 bridgehead atoms. The van der Waals surface area contributed by atoms with Crippen LogP contribution in [0.15, 0.2) is 4.99 Å². The highest BCUT2D eigenvalue weighted by molar-refractivity contribution is 14.0. The topological polar surface area (TPSA) is 65.5 Å². The molecule has 0 aromatic rings. The van der Waals surface area contributed by atoms with Crippen LogP contribution in [0.5, 0.6) is 0 Å². The molecule has 0 unspecified atom stereocenters. The summed E-state index contributed by atoms with van der Waals surface area (Å²) in [5, 5.41) is 9.18. The molecule has 5 nitrogen and oxygen atoms in total. The van der Waals surface area contributed by atoms with Gasteiger partial charge in [-0.3, -0.25) is 9.79 Å². The van der Waals surface area contributed by atoms with Gasteiger partial charge in [0.05, 0.1) is 0 Å². The minimum absolute atomic E-state index is 0. The van der Waals surface area contributed by atoms with Gasteiger partial charge >= 0.3 is 0 Å². The van der Waals surface area contributed by atoms with Crippen LogP contribution in [0, 0.1) is 5.41 Å². The molecule has 0 aromatic heterocycles. The molecule has 0 aromatic carbocycles. The fraction of sp³-hybridized carbons (Fsp3) is 0.833. The summed E-state index contributed by atoms with van der Waals surface area (Å²) in [5.74, 6) is 0.816. The van der Waals surface area contributed by atoms with Crippen LogP contribution in [-0.2, 0) is 4.79 Å². The van der Waals surface area contributed by atoms with Crippen molar-refractivity contribution < 1.29 is 4.79 Å². The average Bonchev–Trinajstić information content (AvgIpc) is 2.20. The zero-order valence-electron chi connectivity index (χ0n) is 12.3. The Balaban J connectivity index is 0. The zero-order valence-corrected chi connectivity index (χ0v) is 14.6. The number of amides is 1. The van der Waals surface area contributed by atoms with Crippen LogP contribution >= 0.6 is 24.0 Å². The maximum absolute atomic E-state index is 11.6. The number of halogens is 1.